The van der Waals surface area contributed by atoms with Crippen molar-refractivity contribution in [2.45, 2.75) is 12.5 Å². The molecule has 0 aliphatic carbocycles. The SMILES string of the molecule is O=C(CNC(c1ccccc1)c1ccccc1)NCCc1ccc(Cl)cc1. The molecule has 2 N–H and O–H groups in total. The third kappa shape index (κ3) is 5.95. The first-order valence-corrected chi connectivity index (χ1v) is 9.44. The second-order valence-corrected chi connectivity index (χ2v) is 6.80. The first-order chi connectivity index (χ1) is 13.2. The van der Waals surface area contributed by atoms with Crippen LogP contribution in [0, 0.1) is 0 Å². The summed E-state index contributed by atoms with van der Waals surface area (Å²) in [6.45, 7) is 0.860. The average molecular weight is 379 g/mol. The van der Waals surface area contributed by atoms with Crippen molar-refractivity contribution < 1.29 is 4.79 Å². The number of amides is 1. The highest BCUT2D eigenvalue weighted by molar-refractivity contribution is 6.30. The summed E-state index contributed by atoms with van der Waals surface area (Å²) in [4.78, 5) is 12.3. The van der Waals surface area contributed by atoms with E-state index in [2.05, 4.69) is 34.9 Å². The summed E-state index contributed by atoms with van der Waals surface area (Å²) in [7, 11) is 0. The maximum Gasteiger partial charge on any atom is 0.233 e. The number of nitrogens with one attached hydrogen (secondary N) is 2. The Balaban J connectivity index is 1.54. The summed E-state index contributed by atoms with van der Waals surface area (Å²) in [5.41, 5.74) is 3.43. The lowest BCUT2D eigenvalue weighted by molar-refractivity contribution is -0.120. The molecule has 0 spiro atoms. The first kappa shape index (κ1) is 19.2. The van der Waals surface area contributed by atoms with Gasteiger partial charge in [0.05, 0.1) is 12.6 Å². The molecule has 4 heteroatoms. The van der Waals surface area contributed by atoms with Crippen LogP contribution >= 0.6 is 11.6 Å². The normalized spacial score (nSPS) is 10.7. The number of benzene rings is 3. The molecule has 0 saturated heterocycles. The van der Waals surface area contributed by atoms with Crippen molar-refractivity contribution in [1.82, 2.24) is 10.6 Å². The van der Waals surface area contributed by atoms with Crippen molar-refractivity contribution in [1.29, 1.82) is 0 Å². The first-order valence-electron chi connectivity index (χ1n) is 9.07. The summed E-state index contributed by atoms with van der Waals surface area (Å²) in [6.07, 6.45) is 0.781. The molecule has 3 aromatic rings. The summed E-state index contributed by atoms with van der Waals surface area (Å²) in [5.74, 6) is -0.0131. The molecule has 3 aromatic carbocycles. The lowest BCUT2D eigenvalue weighted by atomic mass is 9.99. The van der Waals surface area contributed by atoms with E-state index in [-0.39, 0.29) is 18.5 Å². The minimum atomic E-state index is -0.0191. The van der Waals surface area contributed by atoms with E-state index in [9.17, 15) is 4.79 Å². The third-order valence-corrected chi connectivity index (χ3v) is 4.63. The molecule has 1 amide bonds. The van der Waals surface area contributed by atoms with Gasteiger partial charge in [0.1, 0.15) is 0 Å². The fraction of sp³-hybridized carbons (Fsp3) is 0.174. The zero-order chi connectivity index (χ0) is 18.9. The van der Waals surface area contributed by atoms with Crippen LogP contribution in [0.25, 0.3) is 0 Å². The van der Waals surface area contributed by atoms with Gasteiger partial charge in [0.15, 0.2) is 0 Å². The Bertz CT molecular complexity index is 796. The number of halogens is 1. The van der Waals surface area contributed by atoms with Crippen LogP contribution in [0.2, 0.25) is 5.02 Å². The largest absolute Gasteiger partial charge is 0.355 e. The predicted octanol–water partition coefficient (Wildman–Crippen LogP) is 4.38. The monoisotopic (exact) mass is 378 g/mol. The highest BCUT2D eigenvalue weighted by Gasteiger charge is 2.14. The molecule has 0 atom stereocenters. The van der Waals surface area contributed by atoms with Crippen LogP contribution in [0.15, 0.2) is 84.9 Å². The van der Waals surface area contributed by atoms with E-state index in [1.165, 1.54) is 0 Å². The Morgan fingerprint density at radius 1 is 0.815 bits per heavy atom. The second-order valence-electron chi connectivity index (χ2n) is 6.36. The Labute approximate surface area is 165 Å². The molecule has 0 aromatic heterocycles. The van der Waals surface area contributed by atoms with Gasteiger partial charge in [-0.1, -0.05) is 84.4 Å². The Morgan fingerprint density at radius 3 is 1.93 bits per heavy atom. The van der Waals surface area contributed by atoms with Crippen molar-refractivity contribution in [3.8, 4) is 0 Å². The minimum absolute atomic E-state index is 0.0131. The summed E-state index contributed by atoms with van der Waals surface area (Å²) in [6, 6.07) is 28.0. The van der Waals surface area contributed by atoms with Gasteiger partial charge >= 0.3 is 0 Å². The van der Waals surface area contributed by atoms with Crippen LogP contribution in [0.3, 0.4) is 0 Å². The van der Waals surface area contributed by atoms with Gasteiger partial charge in [0.25, 0.3) is 0 Å². The van der Waals surface area contributed by atoms with Crippen molar-refractivity contribution in [3.05, 3.63) is 107 Å². The van der Waals surface area contributed by atoms with Crippen molar-refractivity contribution in [2.75, 3.05) is 13.1 Å². The van der Waals surface area contributed by atoms with E-state index in [0.29, 0.717) is 6.54 Å². The van der Waals surface area contributed by atoms with E-state index in [1.807, 2.05) is 60.7 Å². The van der Waals surface area contributed by atoms with Crippen LogP contribution in [-0.2, 0) is 11.2 Å². The number of carbonyl (C=O) groups excluding carboxylic acids is 1. The molecule has 0 bridgehead atoms. The summed E-state index contributed by atoms with van der Waals surface area (Å²) in [5, 5.41) is 7.07. The number of hydrogen-bond donors (Lipinski definition) is 2. The molecule has 0 radical (unpaired) electrons. The van der Waals surface area contributed by atoms with Crippen LogP contribution < -0.4 is 10.6 Å². The maximum absolute atomic E-state index is 12.3. The van der Waals surface area contributed by atoms with Gasteiger partial charge in [0, 0.05) is 11.6 Å². The Hall–Kier alpha value is -2.62. The molecule has 0 aliphatic rings. The van der Waals surface area contributed by atoms with Crippen LogP contribution in [0.5, 0.6) is 0 Å². The van der Waals surface area contributed by atoms with Crippen molar-refractivity contribution in [2.24, 2.45) is 0 Å². The third-order valence-electron chi connectivity index (χ3n) is 4.38. The fourth-order valence-corrected chi connectivity index (χ4v) is 3.10. The molecular weight excluding hydrogens is 356 g/mol. The fourth-order valence-electron chi connectivity index (χ4n) is 2.97. The number of hydrogen-bond acceptors (Lipinski definition) is 2. The van der Waals surface area contributed by atoms with Gasteiger partial charge in [-0.25, -0.2) is 0 Å². The van der Waals surface area contributed by atoms with Gasteiger partial charge in [-0.2, -0.15) is 0 Å². The minimum Gasteiger partial charge on any atom is -0.355 e. The van der Waals surface area contributed by atoms with Gasteiger partial charge in [-0.15, -0.1) is 0 Å². The molecule has 3 rings (SSSR count). The molecule has 0 saturated carbocycles. The highest BCUT2D eigenvalue weighted by atomic mass is 35.5. The predicted molar refractivity (Wildman–Crippen MR) is 111 cm³/mol. The molecule has 138 valence electrons. The van der Waals surface area contributed by atoms with Crippen molar-refractivity contribution in [3.63, 3.8) is 0 Å². The highest BCUT2D eigenvalue weighted by Crippen LogP contribution is 2.21. The molecule has 3 nitrogen and oxygen atoms in total. The summed E-state index contributed by atoms with van der Waals surface area (Å²) < 4.78 is 0. The lowest BCUT2D eigenvalue weighted by Gasteiger charge is -2.19. The number of carbonyl (C=O) groups is 1. The topological polar surface area (TPSA) is 41.1 Å². The van der Waals surface area contributed by atoms with E-state index >= 15 is 0 Å². The zero-order valence-corrected chi connectivity index (χ0v) is 15.8. The van der Waals surface area contributed by atoms with Crippen LogP contribution in [0.4, 0.5) is 0 Å². The Morgan fingerprint density at radius 2 is 1.37 bits per heavy atom. The quantitative estimate of drug-likeness (QED) is 0.610. The smallest absolute Gasteiger partial charge is 0.233 e. The Kier molecular flexibility index (Phi) is 7.03. The van der Waals surface area contributed by atoms with Gasteiger partial charge in [0.2, 0.25) is 5.91 Å². The molecule has 0 fully saturated rings. The molecule has 0 aliphatic heterocycles. The molecule has 27 heavy (non-hydrogen) atoms. The van der Waals surface area contributed by atoms with Crippen LogP contribution in [-0.4, -0.2) is 19.0 Å². The van der Waals surface area contributed by atoms with Gasteiger partial charge < -0.3 is 5.32 Å². The van der Waals surface area contributed by atoms with E-state index in [1.54, 1.807) is 0 Å². The molecule has 0 unspecified atom stereocenters. The van der Waals surface area contributed by atoms with Crippen LogP contribution in [0.1, 0.15) is 22.7 Å². The summed E-state index contributed by atoms with van der Waals surface area (Å²) >= 11 is 5.89. The lowest BCUT2D eigenvalue weighted by Crippen LogP contribution is -2.37. The molecule has 0 heterocycles. The van der Waals surface area contributed by atoms with E-state index in [0.717, 1.165) is 28.1 Å². The standard InChI is InChI=1S/C23H23ClN2O/c24-21-13-11-18(12-14-21)15-16-25-22(27)17-26-23(19-7-3-1-4-8-19)20-9-5-2-6-10-20/h1-14,23,26H,15-17H2,(H,25,27). The second kappa shape index (κ2) is 9.91. The van der Waals surface area contributed by atoms with Gasteiger partial charge in [-0.05, 0) is 35.2 Å². The molecular formula is C23H23ClN2O. The average Bonchev–Trinajstić information content (AvgIpc) is 2.71. The number of rotatable bonds is 8. The van der Waals surface area contributed by atoms with E-state index < -0.39 is 0 Å². The van der Waals surface area contributed by atoms with Gasteiger partial charge in [-0.3, -0.25) is 10.1 Å². The zero-order valence-electron chi connectivity index (χ0n) is 15.1. The van der Waals surface area contributed by atoms with Crippen molar-refractivity contribution >= 4 is 17.5 Å². The maximum atomic E-state index is 12.3. The van der Waals surface area contributed by atoms with E-state index in [4.69, 9.17) is 11.6 Å².